The molecule has 4 rings (SSSR count). The maximum Gasteiger partial charge on any atom is 0.240 e. The lowest BCUT2D eigenvalue weighted by Crippen LogP contribution is -2.37. The van der Waals surface area contributed by atoms with Crippen molar-refractivity contribution in [3.8, 4) is 11.5 Å². The highest BCUT2D eigenvalue weighted by Crippen LogP contribution is 2.35. The highest BCUT2D eigenvalue weighted by molar-refractivity contribution is 7.18. The lowest BCUT2D eigenvalue weighted by atomic mass is 9.94. The average molecular weight is 448 g/mol. The number of amides is 1. The summed E-state index contributed by atoms with van der Waals surface area (Å²) in [7, 11) is 1.70. The molecule has 2 aromatic rings. The number of methoxy groups -OCH3 is 1. The lowest BCUT2D eigenvalue weighted by molar-refractivity contribution is -0.117. The number of ketones is 1. The van der Waals surface area contributed by atoms with Crippen LogP contribution in [0.25, 0.3) is 11.5 Å². The number of carbonyl (C=O) groups is 2. The normalized spacial score (nSPS) is 20.2. The Balaban J connectivity index is 1.47. The molecule has 2 saturated heterocycles. The van der Waals surface area contributed by atoms with Crippen LogP contribution in [0, 0.1) is 5.92 Å². The molecule has 1 N–H and O–H groups in total. The van der Waals surface area contributed by atoms with Crippen molar-refractivity contribution in [2.75, 3.05) is 45.3 Å². The molecule has 0 aromatic carbocycles. The largest absolute Gasteiger partial charge is 0.463 e. The highest BCUT2D eigenvalue weighted by atomic mass is 32.1. The molecule has 2 fully saturated rings. The number of nitrogens with one attached hydrogen (secondary N) is 1. The van der Waals surface area contributed by atoms with Crippen LogP contribution in [0.15, 0.2) is 22.8 Å². The molecule has 2 aromatic heterocycles. The van der Waals surface area contributed by atoms with Crippen molar-refractivity contribution in [2.24, 2.45) is 5.92 Å². The Bertz CT molecular complexity index is 876. The summed E-state index contributed by atoms with van der Waals surface area (Å²) in [4.78, 5) is 33.2. The maximum atomic E-state index is 13.2. The Morgan fingerprint density at radius 3 is 2.90 bits per heavy atom. The zero-order chi connectivity index (χ0) is 21.6. The van der Waals surface area contributed by atoms with Crippen molar-refractivity contribution < 1.29 is 23.5 Å². The highest BCUT2D eigenvalue weighted by Gasteiger charge is 2.30. The number of anilines is 1. The van der Waals surface area contributed by atoms with Crippen molar-refractivity contribution in [1.82, 2.24) is 9.88 Å². The van der Waals surface area contributed by atoms with Gasteiger partial charge in [-0.15, -0.1) is 0 Å². The fraction of sp³-hybridized carbons (Fsp3) is 0.591. The van der Waals surface area contributed by atoms with Crippen molar-refractivity contribution in [1.29, 1.82) is 0 Å². The lowest BCUT2D eigenvalue weighted by Gasteiger charge is -2.23. The number of likely N-dealkylation sites (tertiary alicyclic amines) is 1. The molecule has 1 atom stereocenters. The number of hydrogen-bond donors (Lipinski definition) is 1. The van der Waals surface area contributed by atoms with Crippen molar-refractivity contribution in [3.63, 3.8) is 0 Å². The quantitative estimate of drug-likeness (QED) is 0.589. The van der Waals surface area contributed by atoms with Gasteiger partial charge in [0, 0.05) is 38.9 Å². The van der Waals surface area contributed by atoms with Crippen LogP contribution >= 0.6 is 11.3 Å². The predicted octanol–water partition coefficient (Wildman–Crippen LogP) is 3.45. The van der Waals surface area contributed by atoms with Crippen LogP contribution in [0.4, 0.5) is 5.13 Å². The van der Waals surface area contributed by atoms with Crippen LogP contribution in [-0.2, 0) is 14.3 Å². The molecular formula is C22H29N3O5S. The molecule has 168 valence electrons. The fourth-order valence-electron chi connectivity index (χ4n) is 4.29. The molecule has 2 aliphatic rings. The molecule has 8 nitrogen and oxygen atoms in total. The van der Waals surface area contributed by atoms with E-state index >= 15 is 0 Å². The van der Waals surface area contributed by atoms with E-state index in [1.54, 1.807) is 25.5 Å². The summed E-state index contributed by atoms with van der Waals surface area (Å²) < 4.78 is 16.1. The third kappa shape index (κ3) is 5.41. The summed E-state index contributed by atoms with van der Waals surface area (Å²) in [6, 6.07) is 3.92. The van der Waals surface area contributed by atoms with E-state index in [0.717, 1.165) is 25.8 Å². The second-order valence-corrected chi connectivity index (χ2v) is 9.02. The van der Waals surface area contributed by atoms with Gasteiger partial charge in [0.05, 0.1) is 12.8 Å². The van der Waals surface area contributed by atoms with Gasteiger partial charge in [-0.05, 0) is 50.8 Å². The van der Waals surface area contributed by atoms with Gasteiger partial charge in [-0.2, -0.15) is 0 Å². The summed E-state index contributed by atoms with van der Waals surface area (Å²) >= 11 is 1.23. The molecule has 0 bridgehead atoms. The van der Waals surface area contributed by atoms with Crippen molar-refractivity contribution in [2.45, 2.75) is 38.1 Å². The Morgan fingerprint density at radius 2 is 2.16 bits per heavy atom. The molecule has 9 heteroatoms. The zero-order valence-electron chi connectivity index (χ0n) is 17.8. The fourth-order valence-corrected chi connectivity index (χ4v) is 5.30. The van der Waals surface area contributed by atoms with Gasteiger partial charge in [0.15, 0.2) is 16.7 Å². The summed E-state index contributed by atoms with van der Waals surface area (Å²) in [6.45, 7) is 3.10. The number of nitrogens with zero attached hydrogens (tertiary/aromatic N) is 2. The van der Waals surface area contributed by atoms with E-state index in [-0.39, 0.29) is 17.6 Å². The van der Waals surface area contributed by atoms with Gasteiger partial charge in [-0.1, -0.05) is 11.3 Å². The Labute approximate surface area is 185 Å². The number of aromatic nitrogens is 1. The van der Waals surface area contributed by atoms with Gasteiger partial charge in [-0.3, -0.25) is 14.5 Å². The molecule has 0 radical (unpaired) electrons. The second kappa shape index (κ2) is 10.5. The minimum atomic E-state index is -0.117. The Morgan fingerprint density at radius 1 is 1.32 bits per heavy atom. The predicted molar refractivity (Wildman–Crippen MR) is 117 cm³/mol. The Hall–Kier alpha value is -2.07. The van der Waals surface area contributed by atoms with E-state index < -0.39 is 0 Å². The average Bonchev–Trinajstić information content (AvgIpc) is 3.53. The first-order valence-electron chi connectivity index (χ1n) is 10.8. The van der Waals surface area contributed by atoms with Gasteiger partial charge in [0.2, 0.25) is 5.91 Å². The van der Waals surface area contributed by atoms with Crippen LogP contribution in [0.1, 0.15) is 41.8 Å². The molecule has 1 amide bonds. The molecule has 0 spiro atoms. The SMILES string of the molecule is COCC[C@@H]1CCCN1CC(=O)Nc1nc(-c2ccco2)c(C(=O)C2CCOCC2)s1. The molecule has 0 aliphatic carbocycles. The van der Waals surface area contributed by atoms with Gasteiger partial charge < -0.3 is 19.2 Å². The first-order chi connectivity index (χ1) is 15.2. The van der Waals surface area contributed by atoms with Gasteiger partial charge in [0.25, 0.3) is 0 Å². The van der Waals surface area contributed by atoms with Crippen LogP contribution in [0.2, 0.25) is 0 Å². The Kier molecular flexibility index (Phi) is 7.49. The third-order valence-corrected chi connectivity index (χ3v) is 6.93. The second-order valence-electron chi connectivity index (χ2n) is 8.02. The minimum absolute atomic E-state index is 0.0480. The van der Waals surface area contributed by atoms with E-state index in [9.17, 15) is 9.59 Å². The number of Topliss-reactive ketones (excluding diaryl/α,β-unsaturated/α-hetero) is 1. The zero-order valence-corrected chi connectivity index (χ0v) is 18.6. The number of furan rings is 1. The number of thiazole rings is 1. The van der Waals surface area contributed by atoms with Crippen LogP contribution in [0.5, 0.6) is 0 Å². The van der Waals surface area contributed by atoms with E-state index in [0.29, 0.717) is 66.7 Å². The van der Waals surface area contributed by atoms with E-state index in [1.165, 1.54) is 11.3 Å². The molecule has 4 heterocycles. The van der Waals surface area contributed by atoms with Crippen molar-refractivity contribution in [3.05, 3.63) is 23.3 Å². The molecule has 0 unspecified atom stereocenters. The maximum absolute atomic E-state index is 13.2. The molecule has 2 aliphatic heterocycles. The standard InChI is InChI=1S/C22H29N3O5S/c1-28-11-8-16-4-2-9-25(16)14-18(26)23-22-24-19(17-5-3-10-30-17)21(31-22)20(27)15-6-12-29-13-7-15/h3,5,10,15-16H,2,4,6-9,11-14H2,1H3,(H,23,24,26)/t16-/m0/s1. The van der Waals surface area contributed by atoms with E-state index in [1.807, 2.05) is 0 Å². The number of rotatable bonds is 9. The first-order valence-corrected chi connectivity index (χ1v) is 11.7. The number of ether oxygens (including phenoxy) is 2. The number of carbonyl (C=O) groups excluding carboxylic acids is 2. The molecule has 31 heavy (non-hydrogen) atoms. The van der Waals surface area contributed by atoms with Crippen molar-refractivity contribution >= 4 is 28.2 Å². The smallest absolute Gasteiger partial charge is 0.240 e. The molecular weight excluding hydrogens is 418 g/mol. The summed E-state index contributed by atoms with van der Waals surface area (Å²) in [5.41, 5.74) is 0.501. The summed E-state index contributed by atoms with van der Waals surface area (Å²) in [5.74, 6) is 0.380. The van der Waals surface area contributed by atoms with Crippen LogP contribution in [0.3, 0.4) is 0 Å². The topological polar surface area (TPSA) is 93.9 Å². The first kappa shape index (κ1) is 22.1. The van der Waals surface area contributed by atoms with Crippen LogP contribution in [-0.4, -0.2) is 67.6 Å². The monoisotopic (exact) mass is 447 g/mol. The van der Waals surface area contributed by atoms with E-state index in [4.69, 9.17) is 13.9 Å². The van der Waals surface area contributed by atoms with Gasteiger partial charge in [0.1, 0.15) is 10.6 Å². The third-order valence-electron chi connectivity index (χ3n) is 5.94. The summed E-state index contributed by atoms with van der Waals surface area (Å²) in [5, 5.41) is 3.33. The molecule has 0 saturated carbocycles. The van der Waals surface area contributed by atoms with Gasteiger partial charge >= 0.3 is 0 Å². The summed E-state index contributed by atoms with van der Waals surface area (Å²) in [6.07, 6.45) is 6.06. The van der Waals surface area contributed by atoms with E-state index in [2.05, 4.69) is 15.2 Å². The minimum Gasteiger partial charge on any atom is -0.463 e. The number of hydrogen-bond acceptors (Lipinski definition) is 8. The van der Waals surface area contributed by atoms with Crippen LogP contribution < -0.4 is 5.32 Å². The van der Waals surface area contributed by atoms with Gasteiger partial charge in [-0.25, -0.2) is 4.98 Å².